The van der Waals surface area contributed by atoms with Gasteiger partial charge in [-0.2, -0.15) is 0 Å². The first-order chi connectivity index (χ1) is 12.7. The summed E-state index contributed by atoms with van der Waals surface area (Å²) in [5.41, 5.74) is 0.434. The van der Waals surface area contributed by atoms with Gasteiger partial charge in [0.15, 0.2) is 0 Å². The van der Waals surface area contributed by atoms with Gasteiger partial charge < -0.3 is 15.3 Å². The lowest BCUT2D eigenvalue weighted by molar-refractivity contribution is -0.174. The summed E-state index contributed by atoms with van der Waals surface area (Å²) in [5.74, 6) is 1.89. The summed E-state index contributed by atoms with van der Waals surface area (Å²) in [4.78, 5) is 11.3. The molecule has 0 spiro atoms. The molecule has 0 aromatic carbocycles. The minimum atomic E-state index is -0.683. The van der Waals surface area contributed by atoms with Gasteiger partial charge in [-0.1, -0.05) is 20.8 Å². The van der Waals surface area contributed by atoms with Crippen molar-refractivity contribution in [3.8, 4) is 0 Å². The third kappa shape index (κ3) is 2.97. The smallest absolute Gasteiger partial charge is 0.303 e. The van der Waals surface area contributed by atoms with Crippen LogP contribution >= 0.6 is 0 Å². The summed E-state index contributed by atoms with van der Waals surface area (Å²) in [6, 6.07) is 0. The van der Waals surface area contributed by atoms with E-state index in [0.29, 0.717) is 29.6 Å². The zero-order valence-electron chi connectivity index (χ0n) is 17.2. The Morgan fingerprint density at radius 2 is 1.67 bits per heavy atom. The van der Waals surface area contributed by atoms with Crippen LogP contribution in [0, 0.1) is 46.3 Å². The molecule has 0 heterocycles. The molecule has 4 aliphatic carbocycles. The van der Waals surface area contributed by atoms with Gasteiger partial charge in [0.25, 0.3) is 0 Å². The predicted molar refractivity (Wildman–Crippen MR) is 104 cm³/mol. The van der Waals surface area contributed by atoms with Gasteiger partial charge in [0, 0.05) is 6.42 Å². The molecule has 4 saturated carbocycles. The molecule has 0 aromatic rings. The number of carboxylic acid groups (broad SMARTS) is 1. The molecule has 0 aliphatic heterocycles. The molecule has 4 aliphatic rings. The standard InChI is InChI=1S/C23H38O4/c1-13(10-20(26)27)16-4-5-17-21-18(7-9-23(16,17)3)22(2)8-6-15(24)11-14(22)12-19(21)25/h13-19,21,24-25H,4-12H2,1-3H3,(H,26,27)/t13-,14+,15-,16?,17?,18?,19+,21?,22+,23-/m1/s1. The van der Waals surface area contributed by atoms with Crippen molar-refractivity contribution in [3.05, 3.63) is 0 Å². The monoisotopic (exact) mass is 378 g/mol. The normalized spacial score (nSPS) is 53.1. The first-order valence-corrected chi connectivity index (χ1v) is 11.2. The maximum atomic E-state index is 11.3. The van der Waals surface area contributed by atoms with Crippen LogP contribution in [0.2, 0.25) is 0 Å². The van der Waals surface area contributed by atoms with Crippen LogP contribution in [0.3, 0.4) is 0 Å². The Kier molecular flexibility index (Phi) is 4.91. The molecule has 4 fully saturated rings. The average molecular weight is 379 g/mol. The minimum absolute atomic E-state index is 0.175. The van der Waals surface area contributed by atoms with Crippen molar-refractivity contribution >= 4 is 5.97 Å². The van der Waals surface area contributed by atoms with Crippen molar-refractivity contribution in [2.45, 2.75) is 90.8 Å². The topological polar surface area (TPSA) is 77.8 Å². The van der Waals surface area contributed by atoms with Crippen molar-refractivity contribution in [1.82, 2.24) is 0 Å². The SMILES string of the molecule is C[C@H](CC(=O)O)C1CCC2C3C(CC[C@@]21C)[C@@]1(C)CC[C@@H](O)C[C@H]1C[C@@H]3O. The Balaban J connectivity index is 1.60. The number of hydrogen-bond acceptors (Lipinski definition) is 3. The third-order valence-corrected chi connectivity index (χ3v) is 9.91. The highest BCUT2D eigenvalue weighted by Gasteiger charge is 2.62. The number of fused-ring (bicyclic) bond motifs is 5. The number of aliphatic hydroxyl groups excluding tert-OH is 2. The molecule has 0 radical (unpaired) electrons. The lowest BCUT2D eigenvalue weighted by Crippen LogP contribution is -2.58. The van der Waals surface area contributed by atoms with E-state index < -0.39 is 5.97 Å². The molecular weight excluding hydrogens is 340 g/mol. The summed E-state index contributed by atoms with van der Waals surface area (Å²) < 4.78 is 0. The molecule has 3 N–H and O–H groups in total. The van der Waals surface area contributed by atoms with E-state index in [1.165, 1.54) is 6.42 Å². The number of aliphatic hydroxyl groups is 2. The van der Waals surface area contributed by atoms with Gasteiger partial charge in [-0.05, 0) is 97.7 Å². The van der Waals surface area contributed by atoms with Crippen LogP contribution in [-0.4, -0.2) is 33.5 Å². The van der Waals surface area contributed by atoms with E-state index in [-0.39, 0.29) is 35.4 Å². The van der Waals surface area contributed by atoms with Crippen molar-refractivity contribution in [2.24, 2.45) is 46.3 Å². The van der Waals surface area contributed by atoms with Gasteiger partial charge >= 0.3 is 5.97 Å². The number of carboxylic acids is 1. The molecule has 4 rings (SSSR count). The van der Waals surface area contributed by atoms with E-state index in [0.717, 1.165) is 44.9 Å². The van der Waals surface area contributed by atoms with E-state index in [1.807, 2.05) is 0 Å². The molecular formula is C23H38O4. The first-order valence-electron chi connectivity index (χ1n) is 11.2. The summed E-state index contributed by atoms with van der Waals surface area (Å²) >= 11 is 0. The second kappa shape index (κ2) is 6.73. The summed E-state index contributed by atoms with van der Waals surface area (Å²) in [6.07, 6.45) is 8.12. The summed E-state index contributed by atoms with van der Waals surface area (Å²) in [6.45, 7) is 6.96. The van der Waals surface area contributed by atoms with Gasteiger partial charge in [-0.15, -0.1) is 0 Å². The Labute approximate surface area is 163 Å². The zero-order chi connectivity index (χ0) is 19.6. The maximum Gasteiger partial charge on any atom is 0.303 e. The van der Waals surface area contributed by atoms with Gasteiger partial charge in [0.2, 0.25) is 0 Å². The Morgan fingerprint density at radius 1 is 1.00 bits per heavy atom. The highest BCUT2D eigenvalue weighted by atomic mass is 16.4. The van der Waals surface area contributed by atoms with E-state index >= 15 is 0 Å². The Bertz CT molecular complexity index is 591. The predicted octanol–water partition coefficient (Wildman–Crippen LogP) is 4.09. The largest absolute Gasteiger partial charge is 0.481 e. The molecule has 0 saturated heterocycles. The van der Waals surface area contributed by atoms with E-state index in [2.05, 4.69) is 20.8 Å². The third-order valence-electron chi connectivity index (χ3n) is 9.91. The summed E-state index contributed by atoms with van der Waals surface area (Å²) in [5, 5.41) is 30.7. The van der Waals surface area contributed by atoms with Gasteiger partial charge in [0.05, 0.1) is 12.2 Å². The lowest BCUT2D eigenvalue weighted by Gasteiger charge is -2.62. The maximum absolute atomic E-state index is 11.3. The minimum Gasteiger partial charge on any atom is -0.481 e. The van der Waals surface area contributed by atoms with Gasteiger partial charge in [-0.25, -0.2) is 0 Å². The van der Waals surface area contributed by atoms with E-state index in [4.69, 9.17) is 0 Å². The Morgan fingerprint density at radius 3 is 2.37 bits per heavy atom. The van der Waals surface area contributed by atoms with Crippen molar-refractivity contribution in [1.29, 1.82) is 0 Å². The quantitative estimate of drug-likeness (QED) is 0.691. The molecule has 154 valence electrons. The van der Waals surface area contributed by atoms with Crippen molar-refractivity contribution < 1.29 is 20.1 Å². The number of aliphatic carboxylic acids is 1. The van der Waals surface area contributed by atoms with Crippen LogP contribution in [0.25, 0.3) is 0 Å². The van der Waals surface area contributed by atoms with E-state index in [9.17, 15) is 20.1 Å². The molecule has 27 heavy (non-hydrogen) atoms. The van der Waals surface area contributed by atoms with Crippen LogP contribution in [0.4, 0.5) is 0 Å². The molecule has 4 heteroatoms. The van der Waals surface area contributed by atoms with Crippen LogP contribution in [0.15, 0.2) is 0 Å². The van der Waals surface area contributed by atoms with Gasteiger partial charge in [-0.3, -0.25) is 4.79 Å². The molecule has 4 unspecified atom stereocenters. The average Bonchev–Trinajstić information content (AvgIpc) is 2.93. The Hall–Kier alpha value is -0.610. The molecule has 0 aromatic heterocycles. The highest BCUT2D eigenvalue weighted by molar-refractivity contribution is 5.67. The molecule has 10 atom stereocenters. The lowest BCUT2D eigenvalue weighted by atomic mass is 9.43. The highest BCUT2D eigenvalue weighted by Crippen LogP contribution is 2.68. The van der Waals surface area contributed by atoms with Crippen LogP contribution in [0.1, 0.15) is 78.6 Å². The number of rotatable bonds is 3. The van der Waals surface area contributed by atoms with Crippen LogP contribution in [-0.2, 0) is 4.79 Å². The van der Waals surface area contributed by atoms with Crippen LogP contribution in [0.5, 0.6) is 0 Å². The van der Waals surface area contributed by atoms with Gasteiger partial charge in [0.1, 0.15) is 0 Å². The van der Waals surface area contributed by atoms with Crippen LogP contribution < -0.4 is 0 Å². The molecule has 0 amide bonds. The molecule has 0 bridgehead atoms. The first kappa shape index (κ1) is 19.7. The van der Waals surface area contributed by atoms with E-state index in [1.54, 1.807) is 0 Å². The zero-order valence-corrected chi connectivity index (χ0v) is 17.2. The number of carbonyl (C=O) groups is 1. The summed E-state index contributed by atoms with van der Waals surface area (Å²) in [7, 11) is 0. The fourth-order valence-electron chi connectivity index (χ4n) is 8.59. The molecule has 4 nitrogen and oxygen atoms in total. The number of hydrogen-bond donors (Lipinski definition) is 3. The fraction of sp³-hybridized carbons (Fsp3) is 0.957. The fourth-order valence-corrected chi connectivity index (χ4v) is 8.59. The van der Waals surface area contributed by atoms with Crippen molar-refractivity contribution in [3.63, 3.8) is 0 Å². The van der Waals surface area contributed by atoms with Crippen molar-refractivity contribution in [2.75, 3.05) is 0 Å². The second-order valence-electron chi connectivity index (χ2n) is 11.0. The second-order valence-corrected chi connectivity index (χ2v) is 11.0.